The van der Waals surface area contributed by atoms with Crippen molar-refractivity contribution in [1.29, 1.82) is 0 Å². The Labute approximate surface area is 125 Å². The number of nitrogens with zero attached hydrogens (tertiary/aromatic N) is 1. The van der Waals surface area contributed by atoms with E-state index in [4.69, 9.17) is 4.74 Å². The second-order valence-corrected chi connectivity index (χ2v) is 4.71. The van der Waals surface area contributed by atoms with Crippen LogP contribution in [0.25, 0.3) is 11.0 Å². The van der Waals surface area contributed by atoms with Gasteiger partial charge in [-0.3, -0.25) is 9.78 Å². The minimum Gasteiger partial charge on any atom is -0.482 e. The zero-order valence-electron chi connectivity index (χ0n) is 11.6. The Bertz CT molecular complexity index is 839. The van der Waals surface area contributed by atoms with Gasteiger partial charge in [0, 0.05) is 12.7 Å². The van der Waals surface area contributed by atoms with Crippen LogP contribution in [0.5, 0.6) is 5.75 Å². The highest BCUT2D eigenvalue weighted by atomic mass is 16.5. The first-order valence-corrected chi connectivity index (χ1v) is 6.71. The highest BCUT2D eigenvalue weighted by Crippen LogP contribution is 2.10. The van der Waals surface area contributed by atoms with Crippen molar-refractivity contribution in [1.82, 2.24) is 20.3 Å². The Kier molecular flexibility index (Phi) is 3.86. The second-order valence-electron chi connectivity index (χ2n) is 4.71. The monoisotopic (exact) mass is 298 g/mol. The number of aromatic amines is 2. The van der Waals surface area contributed by atoms with Gasteiger partial charge in [0.2, 0.25) is 0 Å². The highest BCUT2D eigenvalue weighted by molar-refractivity contribution is 5.78. The number of fused-ring (bicyclic) bond motifs is 1. The fraction of sp³-hybridized carbons (Fsp3) is 0.133. The predicted octanol–water partition coefficient (Wildman–Crippen LogP) is 0.946. The van der Waals surface area contributed by atoms with Crippen LogP contribution in [0.3, 0.4) is 0 Å². The number of amides is 1. The summed E-state index contributed by atoms with van der Waals surface area (Å²) in [6, 6.07) is 8.92. The van der Waals surface area contributed by atoms with Gasteiger partial charge in [-0.25, -0.2) is 4.79 Å². The molecule has 0 bridgehead atoms. The lowest BCUT2D eigenvalue weighted by Crippen LogP contribution is -2.28. The number of H-pyrrole nitrogens is 2. The summed E-state index contributed by atoms with van der Waals surface area (Å²) in [6.45, 7) is 0.285. The van der Waals surface area contributed by atoms with E-state index >= 15 is 0 Å². The minimum absolute atomic E-state index is 0.0745. The van der Waals surface area contributed by atoms with E-state index in [1.165, 1.54) is 0 Å². The third-order valence-electron chi connectivity index (χ3n) is 3.07. The number of ether oxygens (including phenoxy) is 1. The van der Waals surface area contributed by atoms with E-state index in [-0.39, 0.29) is 18.2 Å². The summed E-state index contributed by atoms with van der Waals surface area (Å²) >= 11 is 0. The number of carbonyl (C=O) groups is 1. The smallest absolute Gasteiger partial charge is 0.323 e. The minimum atomic E-state index is -0.249. The van der Waals surface area contributed by atoms with E-state index in [0.717, 1.165) is 11.1 Å². The van der Waals surface area contributed by atoms with Crippen molar-refractivity contribution >= 4 is 16.9 Å². The van der Waals surface area contributed by atoms with Gasteiger partial charge in [0.15, 0.2) is 6.61 Å². The SMILES string of the molecule is O=C(COc1cccnc1)NCc1ccc2[nH]c(=O)[nH]c2c1. The Morgan fingerprint density at radius 2 is 2.09 bits per heavy atom. The summed E-state index contributed by atoms with van der Waals surface area (Å²) in [5.41, 5.74) is 2.09. The molecule has 7 nitrogen and oxygen atoms in total. The maximum Gasteiger partial charge on any atom is 0.323 e. The van der Waals surface area contributed by atoms with Crippen molar-refractivity contribution in [2.24, 2.45) is 0 Å². The molecule has 112 valence electrons. The summed E-state index contributed by atoms with van der Waals surface area (Å²) < 4.78 is 5.30. The predicted molar refractivity (Wildman–Crippen MR) is 80.5 cm³/mol. The molecule has 0 aliphatic rings. The summed E-state index contributed by atoms with van der Waals surface area (Å²) in [5.74, 6) is 0.315. The van der Waals surface area contributed by atoms with Crippen molar-refractivity contribution in [3.05, 3.63) is 58.8 Å². The van der Waals surface area contributed by atoms with E-state index in [1.54, 1.807) is 30.6 Å². The van der Waals surface area contributed by atoms with E-state index in [0.29, 0.717) is 17.8 Å². The van der Waals surface area contributed by atoms with E-state index in [2.05, 4.69) is 20.3 Å². The molecule has 0 aliphatic heterocycles. The van der Waals surface area contributed by atoms with Gasteiger partial charge in [-0.15, -0.1) is 0 Å². The van der Waals surface area contributed by atoms with Crippen LogP contribution in [0.4, 0.5) is 0 Å². The molecule has 1 amide bonds. The first kappa shape index (κ1) is 13.9. The molecule has 3 aromatic rings. The quantitative estimate of drug-likeness (QED) is 0.653. The van der Waals surface area contributed by atoms with Gasteiger partial charge in [-0.05, 0) is 29.8 Å². The number of aromatic nitrogens is 3. The average molecular weight is 298 g/mol. The number of carbonyl (C=O) groups excluding carboxylic acids is 1. The molecular formula is C15H14N4O3. The summed E-state index contributed by atoms with van der Waals surface area (Å²) in [4.78, 5) is 32.2. The summed E-state index contributed by atoms with van der Waals surface area (Å²) in [5, 5.41) is 2.75. The summed E-state index contributed by atoms with van der Waals surface area (Å²) in [7, 11) is 0. The number of imidazole rings is 1. The van der Waals surface area contributed by atoms with E-state index < -0.39 is 0 Å². The lowest BCUT2D eigenvalue weighted by Gasteiger charge is -2.07. The molecule has 0 fully saturated rings. The van der Waals surface area contributed by atoms with E-state index in [9.17, 15) is 9.59 Å². The van der Waals surface area contributed by atoms with Crippen molar-refractivity contribution < 1.29 is 9.53 Å². The molecule has 3 N–H and O–H groups in total. The molecule has 3 rings (SSSR count). The highest BCUT2D eigenvalue weighted by Gasteiger charge is 2.04. The topological polar surface area (TPSA) is 99.9 Å². The fourth-order valence-corrected chi connectivity index (χ4v) is 2.02. The maximum atomic E-state index is 11.7. The lowest BCUT2D eigenvalue weighted by molar-refractivity contribution is -0.123. The third-order valence-corrected chi connectivity index (χ3v) is 3.07. The van der Waals surface area contributed by atoms with Crippen molar-refractivity contribution in [3.8, 4) is 5.75 Å². The van der Waals surface area contributed by atoms with Gasteiger partial charge < -0.3 is 20.0 Å². The Hall–Kier alpha value is -3.09. The normalized spacial score (nSPS) is 10.5. The van der Waals surface area contributed by atoms with Crippen LogP contribution in [0.15, 0.2) is 47.5 Å². The molecule has 22 heavy (non-hydrogen) atoms. The van der Waals surface area contributed by atoms with Gasteiger partial charge in [0.05, 0.1) is 17.2 Å². The third kappa shape index (κ3) is 3.32. The molecule has 0 saturated heterocycles. The largest absolute Gasteiger partial charge is 0.482 e. The first-order valence-electron chi connectivity index (χ1n) is 6.71. The number of hydrogen-bond donors (Lipinski definition) is 3. The zero-order valence-corrected chi connectivity index (χ0v) is 11.6. The van der Waals surface area contributed by atoms with Crippen molar-refractivity contribution in [3.63, 3.8) is 0 Å². The van der Waals surface area contributed by atoms with Crippen LogP contribution in [-0.2, 0) is 11.3 Å². The molecule has 0 radical (unpaired) electrons. The van der Waals surface area contributed by atoms with Crippen LogP contribution in [0, 0.1) is 0 Å². The second kappa shape index (κ2) is 6.13. The first-order chi connectivity index (χ1) is 10.7. The molecule has 0 spiro atoms. The van der Waals surface area contributed by atoms with Crippen molar-refractivity contribution in [2.75, 3.05) is 6.61 Å². The molecule has 0 aliphatic carbocycles. The van der Waals surface area contributed by atoms with Gasteiger partial charge in [0.25, 0.3) is 5.91 Å². The molecular weight excluding hydrogens is 284 g/mol. The average Bonchev–Trinajstić information content (AvgIpc) is 2.91. The van der Waals surface area contributed by atoms with Gasteiger partial charge in [-0.1, -0.05) is 6.07 Å². The molecule has 2 heterocycles. The standard InChI is InChI=1S/C15H14N4O3/c20-14(9-22-11-2-1-5-16-8-11)17-7-10-3-4-12-13(6-10)19-15(21)18-12/h1-6,8H,7,9H2,(H,17,20)(H2,18,19,21). The molecule has 2 aromatic heterocycles. The number of hydrogen-bond acceptors (Lipinski definition) is 4. The molecule has 1 aromatic carbocycles. The van der Waals surface area contributed by atoms with Gasteiger partial charge in [0.1, 0.15) is 5.75 Å². The van der Waals surface area contributed by atoms with E-state index in [1.807, 2.05) is 12.1 Å². The van der Waals surface area contributed by atoms with Crippen LogP contribution in [0.2, 0.25) is 0 Å². The van der Waals surface area contributed by atoms with Crippen LogP contribution in [-0.4, -0.2) is 27.5 Å². The fourth-order valence-electron chi connectivity index (χ4n) is 2.02. The number of benzene rings is 1. The Morgan fingerprint density at radius 1 is 1.23 bits per heavy atom. The molecule has 7 heteroatoms. The van der Waals surface area contributed by atoms with Crippen molar-refractivity contribution in [2.45, 2.75) is 6.54 Å². The van der Waals surface area contributed by atoms with Crippen LogP contribution >= 0.6 is 0 Å². The number of pyridine rings is 1. The number of nitrogens with one attached hydrogen (secondary N) is 3. The maximum absolute atomic E-state index is 11.7. The Balaban J connectivity index is 1.54. The van der Waals surface area contributed by atoms with Crippen LogP contribution in [0.1, 0.15) is 5.56 Å². The van der Waals surface area contributed by atoms with Gasteiger partial charge in [-0.2, -0.15) is 0 Å². The number of rotatable bonds is 5. The molecule has 0 saturated carbocycles. The zero-order chi connectivity index (χ0) is 15.4. The summed E-state index contributed by atoms with van der Waals surface area (Å²) in [6.07, 6.45) is 3.18. The van der Waals surface area contributed by atoms with Gasteiger partial charge >= 0.3 is 5.69 Å². The molecule has 0 atom stereocenters. The lowest BCUT2D eigenvalue weighted by atomic mass is 10.2. The Morgan fingerprint density at radius 3 is 2.91 bits per heavy atom. The van der Waals surface area contributed by atoms with Crippen LogP contribution < -0.4 is 15.7 Å². The molecule has 0 unspecified atom stereocenters.